The normalized spacial score (nSPS) is 15.6. The van der Waals surface area contributed by atoms with Gasteiger partial charge < -0.3 is 4.52 Å². The van der Waals surface area contributed by atoms with Crippen molar-refractivity contribution < 1.29 is 4.52 Å². The SMILES string of the molecule is Cc1nc(C)n(Cc2cc(C3CC3)no2)n1. The molecule has 1 saturated carbocycles. The van der Waals surface area contributed by atoms with E-state index in [0.29, 0.717) is 12.5 Å². The zero-order valence-corrected chi connectivity index (χ0v) is 9.47. The second kappa shape index (κ2) is 3.43. The minimum absolute atomic E-state index is 0.617. The molecule has 0 saturated heterocycles. The van der Waals surface area contributed by atoms with Crippen LogP contribution in [-0.2, 0) is 6.54 Å². The van der Waals surface area contributed by atoms with E-state index in [-0.39, 0.29) is 0 Å². The first-order valence-electron chi connectivity index (χ1n) is 5.56. The largest absolute Gasteiger partial charge is 0.359 e. The van der Waals surface area contributed by atoms with Crippen LogP contribution in [0.25, 0.3) is 0 Å². The van der Waals surface area contributed by atoms with Gasteiger partial charge in [0.15, 0.2) is 5.76 Å². The monoisotopic (exact) mass is 218 g/mol. The highest BCUT2D eigenvalue weighted by Gasteiger charge is 2.27. The van der Waals surface area contributed by atoms with E-state index in [9.17, 15) is 0 Å². The van der Waals surface area contributed by atoms with Crippen LogP contribution in [0, 0.1) is 13.8 Å². The summed E-state index contributed by atoms with van der Waals surface area (Å²) in [6, 6.07) is 2.04. The number of hydrogen-bond donors (Lipinski definition) is 0. The molecule has 1 aliphatic carbocycles. The Morgan fingerprint density at radius 3 is 2.88 bits per heavy atom. The minimum atomic E-state index is 0.617. The Morgan fingerprint density at radius 1 is 1.44 bits per heavy atom. The summed E-state index contributed by atoms with van der Waals surface area (Å²) in [5, 5.41) is 8.37. The molecular weight excluding hydrogens is 204 g/mol. The smallest absolute Gasteiger partial charge is 0.158 e. The predicted molar refractivity (Wildman–Crippen MR) is 57.1 cm³/mol. The van der Waals surface area contributed by atoms with Crippen LogP contribution >= 0.6 is 0 Å². The Labute approximate surface area is 93.5 Å². The van der Waals surface area contributed by atoms with Gasteiger partial charge in [-0.05, 0) is 26.7 Å². The molecule has 0 radical (unpaired) electrons. The minimum Gasteiger partial charge on any atom is -0.359 e. The van der Waals surface area contributed by atoms with Crippen molar-refractivity contribution in [3.8, 4) is 0 Å². The zero-order chi connectivity index (χ0) is 11.1. The molecule has 1 aliphatic rings. The van der Waals surface area contributed by atoms with Gasteiger partial charge in [0.2, 0.25) is 0 Å². The van der Waals surface area contributed by atoms with Gasteiger partial charge in [0.1, 0.15) is 18.2 Å². The van der Waals surface area contributed by atoms with Crippen LogP contribution in [-0.4, -0.2) is 19.9 Å². The summed E-state index contributed by atoms with van der Waals surface area (Å²) in [5.74, 6) is 3.19. The van der Waals surface area contributed by atoms with Gasteiger partial charge in [0.05, 0.1) is 5.69 Å². The van der Waals surface area contributed by atoms with E-state index in [1.165, 1.54) is 12.8 Å². The first kappa shape index (κ1) is 9.57. The molecule has 0 atom stereocenters. The lowest BCUT2D eigenvalue weighted by molar-refractivity contribution is 0.364. The molecule has 5 nitrogen and oxygen atoms in total. The lowest BCUT2D eigenvalue weighted by Crippen LogP contribution is -2.03. The maximum Gasteiger partial charge on any atom is 0.158 e. The maximum atomic E-state index is 5.30. The quantitative estimate of drug-likeness (QED) is 0.788. The first-order valence-corrected chi connectivity index (χ1v) is 5.56. The second-order valence-electron chi connectivity index (χ2n) is 4.36. The number of aryl methyl sites for hydroxylation is 2. The van der Waals surface area contributed by atoms with Crippen molar-refractivity contribution in [1.29, 1.82) is 0 Å². The van der Waals surface area contributed by atoms with E-state index in [0.717, 1.165) is 23.1 Å². The van der Waals surface area contributed by atoms with Crippen LogP contribution in [0.5, 0.6) is 0 Å². The fourth-order valence-electron chi connectivity index (χ4n) is 1.83. The fourth-order valence-corrected chi connectivity index (χ4v) is 1.83. The van der Waals surface area contributed by atoms with Gasteiger partial charge in [-0.2, -0.15) is 5.10 Å². The van der Waals surface area contributed by atoms with Crippen molar-refractivity contribution >= 4 is 0 Å². The van der Waals surface area contributed by atoms with Crippen molar-refractivity contribution in [2.24, 2.45) is 0 Å². The predicted octanol–water partition coefficient (Wildman–Crippen LogP) is 1.81. The molecule has 0 N–H and O–H groups in total. The van der Waals surface area contributed by atoms with E-state index in [2.05, 4.69) is 15.2 Å². The molecule has 2 aromatic rings. The zero-order valence-electron chi connectivity index (χ0n) is 9.47. The highest BCUT2D eigenvalue weighted by Crippen LogP contribution is 2.39. The summed E-state index contributed by atoms with van der Waals surface area (Å²) in [7, 11) is 0. The molecule has 0 amide bonds. The van der Waals surface area contributed by atoms with Crippen molar-refractivity contribution in [3.63, 3.8) is 0 Å². The third-order valence-electron chi connectivity index (χ3n) is 2.84. The molecule has 2 heterocycles. The van der Waals surface area contributed by atoms with Gasteiger partial charge in [0.25, 0.3) is 0 Å². The standard InChI is InChI=1S/C11H14N4O/c1-7-12-8(2)15(13-7)6-10-5-11(14-16-10)9-3-4-9/h5,9H,3-4,6H2,1-2H3. The lowest BCUT2D eigenvalue weighted by atomic mass is 10.3. The van der Waals surface area contributed by atoms with Crippen molar-refractivity contribution in [1.82, 2.24) is 19.9 Å². The van der Waals surface area contributed by atoms with Crippen molar-refractivity contribution in [2.75, 3.05) is 0 Å². The van der Waals surface area contributed by atoms with Crippen LogP contribution in [0.15, 0.2) is 10.6 Å². The van der Waals surface area contributed by atoms with Gasteiger partial charge in [-0.15, -0.1) is 0 Å². The lowest BCUT2D eigenvalue weighted by Gasteiger charge is -1.97. The Hall–Kier alpha value is -1.65. The van der Waals surface area contributed by atoms with Crippen LogP contribution in [0.4, 0.5) is 0 Å². The average Bonchev–Trinajstić information content (AvgIpc) is 2.91. The van der Waals surface area contributed by atoms with E-state index in [1.807, 2.05) is 24.6 Å². The highest BCUT2D eigenvalue weighted by atomic mass is 16.5. The van der Waals surface area contributed by atoms with Crippen LogP contribution in [0.1, 0.15) is 41.9 Å². The van der Waals surface area contributed by atoms with Crippen molar-refractivity contribution in [3.05, 3.63) is 29.2 Å². The Kier molecular flexibility index (Phi) is 2.05. The highest BCUT2D eigenvalue weighted by molar-refractivity contribution is 5.15. The maximum absolute atomic E-state index is 5.30. The van der Waals surface area contributed by atoms with Crippen LogP contribution < -0.4 is 0 Å². The van der Waals surface area contributed by atoms with E-state index >= 15 is 0 Å². The Bertz CT molecular complexity index is 510. The number of rotatable bonds is 3. The average molecular weight is 218 g/mol. The summed E-state index contributed by atoms with van der Waals surface area (Å²) >= 11 is 0. The molecule has 0 aliphatic heterocycles. The number of nitrogens with zero attached hydrogens (tertiary/aromatic N) is 4. The van der Waals surface area contributed by atoms with E-state index in [1.54, 1.807) is 0 Å². The molecule has 3 rings (SSSR count). The van der Waals surface area contributed by atoms with Crippen LogP contribution in [0.2, 0.25) is 0 Å². The van der Waals surface area contributed by atoms with Gasteiger partial charge in [-0.1, -0.05) is 5.16 Å². The van der Waals surface area contributed by atoms with Crippen LogP contribution in [0.3, 0.4) is 0 Å². The van der Waals surface area contributed by atoms with Gasteiger partial charge in [0, 0.05) is 12.0 Å². The van der Waals surface area contributed by atoms with Gasteiger partial charge >= 0.3 is 0 Å². The van der Waals surface area contributed by atoms with Gasteiger partial charge in [-0.3, -0.25) is 0 Å². The molecule has 1 fully saturated rings. The number of aromatic nitrogens is 4. The van der Waals surface area contributed by atoms with Crippen molar-refractivity contribution in [2.45, 2.75) is 39.2 Å². The molecule has 0 unspecified atom stereocenters. The number of hydrogen-bond acceptors (Lipinski definition) is 4. The summed E-state index contributed by atoms with van der Waals surface area (Å²) in [4.78, 5) is 4.25. The second-order valence-corrected chi connectivity index (χ2v) is 4.36. The molecule has 2 aromatic heterocycles. The first-order chi connectivity index (χ1) is 7.72. The van der Waals surface area contributed by atoms with Gasteiger partial charge in [-0.25, -0.2) is 9.67 Å². The topological polar surface area (TPSA) is 56.7 Å². The summed E-state index contributed by atoms with van der Waals surface area (Å²) in [5.41, 5.74) is 1.09. The fraction of sp³-hybridized carbons (Fsp3) is 0.545. The molecule has 0 aromatic carbocycles. The molecule has 0 bridgehead atoms. The molecule has 84 valence electrons. The summed E-state index contributed by atoms with van der Waals surface area (Å²) in [6.45, 7) is 4.45. The third kappa shape index (κ3) is 1.73. The summed E-state index contributed by atoms with van der Waals surface area (Å²) < 4.78 is 7.14. The molecular formula is C11H14N4O. The molecule has 16 heavy (non-hydrogen) atoms. The molecule has 5 heteroatoms. The molecule has 0 spiro atoms. The Balaban J connectivity index is 1.79. The van der Waals surface area contributed by atoms with E-state index in [4.69, 9.17) is 4.52 Å². The summed E-state index contributed by atoms with van der Waals surface area (Å²) in [6.07, 6.45) is 2.49. The Morgan fingerprint density at radius 2 is 2.25 bits per heavy atom. The third-order valence-corrected chi connectivity index (χ3v) is 2.84. The van der Waals surface area contributed by atoms with E-state index < -0.39 is 0 Å².